The number of anilines is 2. The Labute approximate surface area is 160 Å². The Morgan fingerprint density at radius 2 is 1.85 bits per heavy atom. The van der Waals surface area contributed by atoms with E-state index in [4.69, 9.17) is 5.11 Å². The van der Waals surface area contributed by atoms with Crippen molar-refractivity contribution in [3.8, 4) is 0 Å². The lowest BCUT2D eigenvalue weighted by Gasteiger charge is -2.40. The number of fused-ring (bicyclic) bond motifs is 1. The Kier molecular flexibility index (Phi) is 4.96. The molecule has 27 heavy (non-hydrogen) atoms. The van der Waals surface area contributed by atoms with Gasteiger partial charge in [0.05, 0.1) is 5.56 Å². The summed E-state index contributed by atoms with van der Waals surface area (Å²) in [5.41, 5.74) is 4.27. The SMILES string of the molecule is CC(C)N1C(=O)CC(C)(C)c2cc(CNc3ccc(C(=O)O)cc3)ccc21. The quantitative estimate of drug-likeness (QED) is 0.822. The Balaban J connectivity index is 1.82. The van der Waals surface area contributed by atoms with Crippen molar-refractivity contribution in [2.75, 3.05) is 10.2 Å². The van der Waals surface area contributed by atoms with Gasteiger partial charge >= 0.3 is 5.97 Å². The van der Waals surface area contributed by atoms with E-state index in [0.717, 1.165) is 16.9 Å². The van der Waals surface area contributed by atoms with E-state index < -0.39 is 5.97 Å². The highest BCUT2D eigenvalue weighted by molar-refractivity contribution is 5.98. The maximum Gasteiger partial charge on any atom is 0.335 e. The van der Waals surface area contributed by atoms with Gasteiger partial charge in [-0.15, -0.1) is 0 Å². The van der Waals surface area contributed by atoms with Crippen molar-refractivity contribution < 1.29 is 14.7 Å². The van der Waals surface area contributed by atoms with Crippen LogP contribution in [0.15, 0.2) is 42.5 Å². The number of carboxylic acids is 1. The number of benzene rings is 2. The van der Waals surface area contributed by atoms with E-state index in [1.54, 1.807) is 24.3 Å². The molecule has 0 saturated heterocycles. The van der Waals surface area contributed by atoms with Gasteiger partial charge < -0.3 is 15.3 Å². The third kappa shape index (κ3) is 3.82. The number of rotatable bonds is 5. The van der Waals surface area contributed by atoms with Crippen molar-refractivity contribution in [1.82, 2.24) is 0 Å². The number of carbonyl (C=O) groups is 2. The fourth-order valence-electron chi connectivity index (χ4n) is 3.64. The minimum absolute atomic E-state index is 0.129. The molecular formula is C22H26N2O3. The van der Waals surface area contributed by atoms with Crippen LogP contribution in [0.3, 0.4) is 0 Å². The predicted molar refractivity (Wildman–Crippen MR) is 107 cm³/mol. The molecule has 0 aromatic heterocycles. The van der Waals surface area contributed by atoms with Crippen molar-refractivity contribution in [2.24, 2.45) is 0 Å². The molecule has 1 amide bonds. The molecule has 3 rings (SSSR count). The van der Waals surface area contributed by atoms with Crippen LogP contribution in [0, 0.1) is 0 Å². The van der Waals surface area contributed by atoms with Gasteiger partial charge in [0, 0.05) is 35.8 Å². The van der Waals surface area contributed by atoms with Gasteiger partial charge in [0.15, 0.2) is 0 Å². The molecule has 142 valence electrons. The molecule has 0 bridgehead atoms. The third-order valence-electron chi connectivity index (χ3n) is 5.06. The average molecular weight is 366 g/mol. The molecule has 1 aliphatic rings. The summed E-state index contributed by atoms with van der Waals surface area (Å²) in [4.78, 5) is 25.4. The molecular weight excluding hydrogens is 340 g/mol. The summed E-state index contributed by atoms with van der Waals surface area (Å²) in [5, 5.41) is 12.3. The molecule has 1 aliphatic heterocycles. The van der Waals surface area contributed by atoms with Crippen molar-refractivity contribution in [3.63, 3.8) is 0 Å². The first-order chi connectivity index (χ1) is 12.7. The highest BCUT2D eigenvalue weighted by Crippen LogP contribution is 2.41. The Hall–Kier alpha value is -2.82. The number of nitrogens with one attached hydrogen (secondary N) is 1. The fourth-order valence-corrected chi connectivity index (χ4v) is 3.64. The summed E-state index contributed by atoms with van der Waals surface area (Å²) in [6, 6.07) is 13.1. The minimum Gasteiger partial charge on any atom is -0.478 e. The maximum absolute atomic E-state index is 12.6. The first kappa shape index (κ1) is 19.0. The average Bonchev–Trinajstić information content (AvgIpc) is 2.59. The van der Waals surface area contributed by atoms with Crippen LogP contribution in [-0.4, -0.2) is 23.0 Å². The van der Waals surface area contributed by atoms with E-state index in [2.05, 4.69) is 25.2 Å². The van der Waals surface area contributed by atoms with Crippen molar-refractivity contribution in [3.05, 3.63) is 59.2 Å². The fraction of sp³-hybridized carbons (Fsp3) is 0.364. The molecule has 0 fully saturated rings. The number of carbonyl (C=O) groups excluding carboxylic acids is 1. The lowest BCUT2D eigenvalue weighted by atomic mass is 9.76. The number of aromatic carboxylic acids is 1. The normalized spacial score (nSPS) is 15.6. The smallest absolute Gasteiger partial charge is 0.335 e. The van der Waals surface area contributed by atoms with Gasteiger partial charge in [-0.25, -0.2) is 4.79 Å². The van der Waals surface area contributed by atoms with Crippen molar-refractivity contribution in [2.45, 2.75) is 52.1 Å². The number of hydrogen-bond donors (Lipinski definition) is 2. The van der Waals surface area contributed by atoms with Crippen molar-refractivity contribution >= 4 is 23.3 Å². The molecule has 0 saturated carbocycles. The van der Waals surface area contributed by atoms with Crippen LogP contribution < -0.4 is 10.2 Å². The van der Waals surface area contributed by atoms with Crippen LogP contribution in [0.1, 0.15) is 55.6 Å². The largest absolute Gasteiger partial charge is 0.478 e. The topological polar surface area (TPSA) is 69.6 Å². The van der Waals surface area contributed by atoms with E-state index in [0.29, 0.717) is 13.0 Å². The Morgan fingerprint density at radius 3 is 2.44 bits per heavy atom. The molecule has 5 heteroatoms. The maximum atomic E-state index is 12.6. The second-order valence-electron chi connectivity index (χ2n) is 8.01. The third-order valence-corrected chi connectivity index (χ3v) is 5.06. The number of amides is 1. The number of nitrogens with zero attached hydrogens (tertiary/aromatic N) is 1. The van der Waals surface area contributed by atoms with E-state index in [9.17, 15) is 9.59 Å². The van der Waals surface area contributed by atoms with E-state index in [-0.39, 0.29) is 22.9 Å². The second kappa shape index (κ2) is 7.06. The summed E-state index contributed by atoms with van der Waals surface area (Å²) in [5.74, 6) is -0.755. The van der Waals surface area contributed by atoms with E-state index >= 15 is 0 Å². The summed E-state index contributed by atoms with van der Waals surface area (Å²) in [7, 11) is 0. The standard InChI is InChI=1S/C22H26N2O3/c1-14(2)24-19-10-5-15(11-18(19)22(3,4)12-20(24)25)13-23-17-8-6-16(7-9-17)21(26)27/h5-11,14,23H,12-13H2,1-4H3,(H,26,27). The molecule has 2 aromatic carbocycles. The molecule has 0 spiro atoms. The van der Waals surface area contributed by atoms with Gasteiger partial charge in [0.1, 0.15) is 0 Å². The van der Waals surface area contributed by atoms with Crippen molar-refractivity contribution in [1.29, 1.82) is 0 Å². The molecule has 2 aromatic rings. The lowest BCUT2D eigenvalue weighted by molar-refractivity contribution is -0.120. The Morgan fingerprint density at radius 1 is 1.19 bits per heavy atom. The van der Waals surface area contributed by atoms with Gasteiger partial charge in [0.2, 0.25) is 5.91 Å². The van der Waals surface area contributed by atoms with Gasteiger partial charge in [-0.1, -0.05) is 26.0 Å². The molecule has 0 aliphatic carbocycles. The molecule has 0 radical (unpaired) electrons. The van der Waals surface area contributed by atoms with Crippen LogP contribution in [0.5, 0.6) is 0 Å². The zero-order valence-electron chi connectivity index (χ0n) is 16.2. The van der Waals surface area contributed by atoms with Gasteiger partial charge in [-0.05, 0) is 55.3 Å². The molecule has 5 nitrogen and oxygen atoms in total. The van der Waals surface area contributed by atoms with E-state index in [1.165, 1.54) is 5.56 Å². The summed E-state index contributed by atoms with van der Waals surface area (Å²) >= 11 is 0. The first-order valence-corrected chi connectivity index (χ1v) is 9.22. The van der Waals surface area contributed by atoms with Gasteiger partial charge in [0.25, 0.3) is 0 Å². The Bertz CT molecular complexity index is 870. The molecule has 2 N–H and O–H groups in total. The molecule has 1 heterocycles. The number of hydrogen-bond acceptors (Lipinski definition) is 3. The van der Waals surface area contributed by atoms with Gasteiger partial charge in [-0.2, -0.15) is 0 Å². The van der Waals surface area contributed by atoms with Crippen LogP contribution >= 0.6 is 0 Å². The van der Waals surface area contributed by atoms with Crippen LogP contribution in [-0.2, 0) is 16.8 Å². The zero-order valence-corrected chi connectivity index (χ0v) is 16.2. The predicted octanol–water partition coefficient (Wildman–Crippen LogP) is 4.42. The first-order valence-electron chi connectivity index (χ1n) is 9.22. The number of carboxylic acid groups (broad SMARTS) is 1. The van der Waals surface area contributed by atoms with Crippen LogP contribution in [0.4, 0.5) is 11.4 Å². The second-order valence-corrected chi connectivity index (χ2v) is 8.01. The molecule has 0 atom stereocenters. The lowest BCUT2D eigenvalue weighted by Crippen LogP contribution is -2.45. The van der Waals surface area contributed by atoms with Crippen LogP contribution in [0.25, 0.3) is 0 Å². The summed E-state index contributed by atoms with van der Waals surface area (Å²) in [6.07, 6.45) is 0.506. The van der Waals surface area contributed by atoms with Crippen LogP contribution in [0.2, 0.25) is 0 Å². The van der Waals surface area contributed by atoms with E-state index in [1.807, 2.05) is 30.9 Å². The zero-order chi connectivity index (χ0) is 19.8. The highest BCUT2D eigenvalue weighted by atomic mass is 16.4. The monoisotopic (exact) mass is 366 g/mol. The van der Waals surface area contributed by atoms with Gasteiger partial charge in [-0.3, -0.25) is 4.79 Å². The summed E-state index contributed by atoms with van der Waals surface area (Å²) < 4.78 is 0. The summed E-state index contributed by atoms with van der Waals surface area (Å²) in [6.45, 7) is 8.93. The minimum atomic E-state index is -0.928. The highest BCUT2D eigenvalue weighted by Gasteiger charge is 2.37. The molecule has 0 unspecified atom stereocenters.